The summed E-state index contributed by atoms with van der Waals surface area (Å²) in [5, 5.41) is 6.69. The summed E-state index contributed by atoms with van der Waals surface area (Å²) in [7, 11) is 0. The van der Waals surface area contributed by atoms with Crippen molar-refractivity contribution in [2.24, 2.45) is 0 Å². The molecule has 1 aromatic heterocycles. The zero-order valence-electron chi connectivity index (χ0n) is 11.3. The molecule has 2 aromatic carbocycles. The van der Waals surface area contributed by atoms with Crippen LogP contribution in [-0.4, -0.2) is 10.2 Å². The topological polar surface area (TPSA) is 54.7 Å². The highest BCUT2D eigenvalue weighted by Gasteiger charge is 2.18. The van der Waals surface area contributed by atoms with Gasteiger partial charge < -0.3 is 5.73 Å². The molecule has 3 aromatic rings. The minimum atomic E-state index is -0.654. The van der Waals surface area contributed by atoms with Gasteiger partial charge in [0.05, 0.1) is 11.3 Å². The van der Waals surface area contributed by atoms with Crippen LogP contribution in [0.5, 0.6) is 0 Å². The van der Waals surface area contributed by atoms with Crippen LogP contribution in [0.15, 0.2) is 42.5 Å². The highest BCUT2D eigenvalue weighted by Crippen LogP contribution is 2.36. The van der Waals surface area contributed by atoms with Crippen LogP contribution in [0.1, 0.15) is 5.56 Å². The number of hydrogen-bond acceptors (Lipinski definition) is 2. The van der Waals surface area contributed by atoms with Gasteiger partial charge in [-0.25, -0.2) is 8.78 Å². The standard InChI is InChI=1S/C16H13F2N3/c1-9-7-11(13(18)8-12(9)17)15-14(16(19)21-20-15)10-5-3-2-4-6-10/h2-8H,1H3,(H3,19,20,21). The summed E-state index contributed by atoms with van der Waals surface area (Å²) in [5.41, 5.74) is 8.37. The fourth-order valence-corrected chi connectivity index (χ4v) is 2.30. The van der Waals surface area contributed by atoms with Gasteiger partial charge in [0, 0.05) is 11.6 Å². The SMILES string of the molecule is Cc1cc(-c2[nH]nc(N)c2-c2ccccc2)c(F)cc1F. The summed E-state index contributed by atoms with van der Waals surface area (Å²) in [6.45, 7) is 1.58. The molecule has 0 unspecified atom stereocenters. The average molecular weight is 285 g/mol. The molecule has 0 spiro atoms. The molecule has 0 saturated heterocycles. The number of nitrogen functional groups attached to an aromatic ring is 1. The summed E-state index contributed by atoms with van der Waals surface area (Å²) < 4.78 is 27.5. The molecule has 3 rings (SSSR count). The Labute approximate surface area is 120 Å². The lowest BCUT2D eigenvalue weighted by Gasteiger charge is -2.07. The van der Waals surface area contributed by atoms with E-state index in [-0.39, 0.29) is 11.4 Å². The van der Waals surface area contributed by atoms with Crippen LogP contribution < -0.4 is 5.73 Å². The van der Waals surface area contributed by atoms with Gasteiger partial charge in [-0.15, -0.1) is 0 Å². The highest BCUT2D eigenvalue weighted by atomic mass is 19.1. The quantitative estimate of drug-likeness (QED) is 0.750. The van der Waals surface area contributed by atoms with Crippen LogP contribution in [0, 0.1) is 18.6 Å². The first-order chi connectivity index (χ1) is 10.1. The molecule has 0 aliphatic heterocycles. The molecule has 21 heavy (non-hydrogen) atoms. The first-order valence-corrected chi connectivity index (χ1v) is 6.43. The number of nitrogens with one attached hydrogen (secondary N) is 1. The number of H-pyrrole nitrogens is 1. The number of benzene rings is 2. The maximum atomic E-state index is 14.1. The monoisotopic (exact) mass is 285 g/mol. The number of aromatic nitrogens is 2. The highest BCUT2D eigenvalue weighted by molar-refractivity contribution is 5.88. The van der Waals surface area contributed by atoms with Crippen LogP contribution in [0.2, 0.25) is 0 Å². The molecular weight excluding hydrogens is 272 g/mol. The second-order valence-corrected chi connectivity index (χ2v) is 4.81. The molecule has 0 atom stereocenters. The largest absolute Gasteiger partial charge is 0.382 e. The maximum Gasteiger partial charge on any atom is 0.153 e. The van der Waals surface area contributed by atoms with E-state index in [1.54, 1.807) is 6.92 Å². The van der Waals surface area contributed by atoms with Gasteiger partial charge in [0.15, 0.2) is 5.82 Å². The summed E-state index contributed by atoms with van der Waals surface area (Å²) >= 11 is 0. The van der Waals surface area contributed by atoms with Gasteiger partial charge in [0.1, 0.15) is 11.6 Å². The number of aromatic amines is 1. The predicted octanol–water partition coefficient (Wildman–Crippen LogP) is 3.91. The van der Waals surface area contributed by atoms with Gasteiger partial charge in [-0.2, -0.15) is 5.10 Å². The van der Waals surface area contributed by atoms with Gasteiger partial charge in [0.25, 0.3) is 0 Å². The molecule has 3 N–H and O–H groups in total. The first kappa shape index (κ1) is 13.3. The van der Waals surface area contributed by atoms with E-state index in [0.717, 1.165) is 11.6 Å². The van der Waals surface area contributed by atoms with Gasteiger partial charge in [-0.05, 0) is 24.1 Å². The van der Waals surface area contributed by atoms with Crippen molar-refractivity contribution in [1.82, 2.24) is 10.2 Å². The van der Waals surface area contributed by atoms with E-state index in [4.69, 9.17) is 5.73 Å². The zero-order chi connectivity index (χ0) is 15.0. The smallest absolute Gasteiger partial charge is 0.153 e. The van der Waals surface area contributed by atoms with Crippen molar-refractivity contribution >= 4 is 5.82 Å². The molecular formula is C16H13F2N3. The second kappa shape index (κ2) is 5.01. The predicted molar refractivity (Wildman–Crippen MR) is 78.5 cm³/mol. The van der Waals surface area contributed by atoms with Crippen molar-refractivity contribution < 1.29 is 8.78 Å². The molecule has 0 aliphatic carbocycles. The number of rotatable bonds is 2. The fourth-order valence-electron chi connectivity index (χ4n) is 2.30. The molecule has 0 saturated carbocycles. The minimum absolute atomic E-state index is 0.247. The third-order valence-corrected chi connectivity index (χ3v) is 3.37. The molecule has 0 bridgehead atoms. The molecule has 1 heterocycles. The van der Waals surface area contributed by atoms with Crippen molar-refractivity contribution in [3.63, 3.8) is 0 Å². The third kappa shape index (κ3) is 2.27. The third-order valence-electron chi connectivity index (χ3n) is 3.37. The van der Waals surface area contributed by atoms with Gasteiger partial charge in [-0.1, -0.05) is 30.3 Å². The fraction of sp³-hybridized carbons (Fsp3) is 0.0625. The minimum Gasteiger partial charge on any atom is -0.382 e. The van der Waals surface area contributed by atoms with Crippen molar-refractivity contribution in [3.05, 3.63) is 59.7 Å². The first-order valence-electron chi connectivity index (χ1n) is 6.43. The number of anilines is 1. The Balaban J connectivity index is 2.24. The average Bonchev–Trinajstić information content (AvgIpc) is 2.85. The number of halogens is 2. The van der Waals surface area contributed by atoms with E-state index in [0.29, 0.717) is 16.8 Å². The normalized spacial score (nSPS) is 10.8. The summed E-state index contributed by atoms with van der Waals surface area (Å²) in [4.78, 5) is 0. The Hall–Kier alpha value is -2.69. The van der Waals surface area contributed by atoms with Crippen LogP contribution in [-0.2, 0) is 0 Å². The summed E-state index contributed by atoms with van der Waals surface area (Å²) in [6.07, 6.45) is 0. The van der Waals surface area contributed by atoms with Gasteiger partial charge >= 0.3 is 0 Å². The summed E-state index contributed by atoms with van der Waals surface area (Å²) in [6, 6.07) is 11.6. The van der Waals surface area contributed by atoms with E-state index in [1.165, 1.54) is 6.07 Å². The van der Waals surface area contributed by atoms with Crippen molar-refractivity contribution in [3.8, 4) is 22.4 Å². The van der Waals surface area contributed by atoms with Crippen LogP contribution >= 0.6 is 0 Å². The Bertz CT molecular complexity index is 795. The van der Waals surface area contributed by atoms with E-state index in [2.05, 4.69) is 10.2 Å². The van der Waals surface area contributed by atoms with Gasteiger partial charge in [0.2, 0.25) is 0 Å². The van der Waals surface area contributed by atoms with Crippen LogP contribution in [0.25, 0.3) is 22.4 Å². The van der Waals surface area contributed by atoms with Crippen LogP contribution in [0.3, 0.4) is 0 Å². The van der Waals surface area contributed by atoms with Crippen LogP contribution in [0.4, 0.5) is 14.6 Å². The Kier molecular flexibility index (Phi) is 3.17. The number of nitrogens with two attached hydrogens (primary N) is 1. The van der Waals surface area contributed by atoms with E-state index < -0.39 is 11.6 Å². The maximum absolute atomic E-state index is 14.1. The van der Waals surface area contributed by atoms with E-state index in [9.17, 15) is 8.78 Å². The molecule has 0 radical (unpaired) electrons. The van der Waals surface area contributed by atoms with Crippen molar-refractivity contribution in [1.29, 1.82) is 0 Å². The van der Waals surface area contributed by atoms with Gasteiger partial charge in [-0.3, -0.25) is 5.10 Å². The number of nitrogens with zero attached hydrogens (tertiary/aromatic N) is 1. The molecule has 5 heteroatoms. The Morgan fingerprint density at radius 3 is 2.48 bits per heavy atom. The van der Waals surface area contributed by atoms with Crippen molar-refractivity contribution in [2.45, 2.75) is 6.92 Å². The van der Waals surface area contributed by atoms with E-state index >= 15 is 0 Å². The number of aryl methyl sites for hydroxylation is 1. The molecule has 0 amide bonds. The molecule has 106 valence electrons. The lowest BCUT2D eigenvalue weighted by Crippen LogP contribution is -1.93. The van der Waals surface area contributed by atoms with E-state index in [1.807, 2.05) is 30.3 Å². The molecule has 0 aliphatic rings. The molecule has 3 nitrogen and oxygen atoms in total. The Morgan fingerprint density at radius 2 is 1.76 bits per heavy atom. The molecule has 0 fully saturated rings. The Morgan fingerprint density at radius 1 is 1.05 bits per heavy atom. The lowest BCUT2D eigenvalue weighted by molar-refractivity contribution is 0.579. The lowest BCUT2D eigenvalue weighted by atomic mass is 9.99. The number of hydrogen-bond donors (Lipinski definition) is 2. The van der Waals surface area contributed by atoms with Crippen molar-refractivity contribution in [2.75, 3.05) is 5.73 Å². The summed E-state index contributed by atoms with van der Waals surface area (Å²) in [5.74, 6) is -0.957. The zero-order valence-corrected chi connectivity index (χ0v) is 11.3. The second-order valence-electron chi connectivity index (χ2n) is 4.81.